The molecule has 2 aliphatic heterocycles. The minimum atomic E-state index is -0.0437. The van der Waals surface area contributed by atoms with E-state index in [4.69, 9.17) is 9.97 Å². The van der Waals surface area contributed by atoms with Gasteiger partial charge in [-0.15, -0.1) is 0 Å². The molecule has 5 heterocycles. The number of aromatic nitrogens is 4. The number of imidazole rings is 1. The second kappa shape index (κ2) is 11.5. The summed E-state index contributed by atoms with van der Waals surface area (Å²) in [5.41, 5.74) is 7.52. The molecular formula is C33H36N8O. The topological polar surface area (TPSA) is 93.3 Å². The Bertz CT molecular complexity index is 1720. The fourth-order valence-electron chi connectivity index (χ4n) is 6.05. The molecule has 0 atom stereocenters. The Hall–Kier alpha value is -4.34. The SMILES string of the molecule is CCN1CCN(C(=O)c2nc3cc(-c4cc(Nc5ccc(CN6CCCC6)cc5)c5cnccc5n4)ccc3[nH]2)CC1. The van der Waals surface area contributed by atoms with Crippen LogP contribution in [0.5, 0.6) is 0 Å². The summed E-state index contributed by atoms with van der Waals surface area (Å²) in [5.74, 6) is 0.345. The maximum absolute atomic E-state index is 13.2. The quantitative estimate of drug-likeness (QED) is 0.279. The first-order valence-electron chi connectivity index (χ1n) is 15.0. The molecule has 0 spiro atoms. The van der Waals surface area contributed by atoms with Gasteiger partial charge in [0.25, 0.3) is 5.91 Å². The molecule has 1 amide bonds. The zero-order chi connectivity index (χ0) is 28.5. The van der Waals surface area contributed by atoms with Crippen molar-refractivity contribution in [2.75, 3.05) is 51.1 Å². The van der Waals surface area contributed by atoms with Crippen molar-refractivity contribution in [1.29, 1.82) is 0 Å². The van der Waals surface area contributed by atoms with Crippen molar-refractivity contribution >= 4 is 39.2 Å². The molecule has 0 saturated carbocycles. The molecule has 214 valence electrons. The zero-order valence-electron chi connectivity index (χ0n) is 24.0. The van der Waals surface area contributed by atoms with Crippen LogP contribution in [-0.2, 0) is 6.54 Å². The van der Waals surface area contributed by atoms with E-state index in [2.05, 4.69) is 62.3 Å². The molecule has 5 aromatic rings. The average Bonchev–Trinajstić information content (AvgIpc) is 3.71. The van der Waals surface area contributed by atoms with Crippen LogP contribution in [0, 0.1) is 0 Å². The number of aromatic amines is 1. The lowest BCUT2D eigenvalue weighted by atomic mass is 10.1. The van der Waals surface area contributed by atoms with Crippen LogP contribution in [0.25, 0.3) is 33.2 Å². The first kappa shape index (κ1) is 26.6. The molecule has 0 aliphatic carbocycles. The molecule has 2 fully saturated rings. The minimum Gasteiger partial charge on any atom is -0.355 e. The number of benzene rings is 2. The van der Waals surface area contributed by atoms with E-state index in [0.717, 1.165) is 83.8 Å². The Kier molecular flexibility index (Phi) is 7.27. The van der Waals surface area contributed by atoms with Crippen molar-refractivity contribution < 1.29 is 4.79 Å². The van der Waals surface area contributed by atoms with E-state index >= 15 is 0 Å². The Balaban J connectivity index is 1.15. The van der Waals surface area contributed by atoms with Crippen LogP contribution in [0.15, 0.2) is 67.0 Å². The molecule has 0 bridgehead atoms. The average molecular weight is 561 g/mol. The van der Waals surface area contributed by atoms with E-state index in [-0.39, 0.29) is 5.91 Å². The van der Waals surface area contributed by atoms with Crippen LogP contribution in [0.4, 0.5) is 11.4 Å². The van der Waals surface area contributed by atoms with Gasteiger partial charge in [-0.25, -0.2) is 9.97 Å². The highest BCUT2D eigenvalue weighted by Gasteiger charge is 2.24. The highest BCUT2D eigenvalue weighted by molar-refractivity contribution is 5.97. The van der Waals surface area contributed by atoms with Gasteiger partial charge in [0.2, 0.25) is 0 Å². The molecule has 7 rings (SSSR count). The van der Waals surface area contributed by atoms with E-state index in [9.17, 15) is 4.79 Å². The number of nitrogens with zero attached hydrogens (tertiary/aromatic N) is 6. The van der Waals surface area contributed by atoms with Crippen LogP contribution in [0.1, 0.15) is 35.9 Å². The van der Waals surface area contributed by atoms with Crippen molar-refractivity contribution in [3.63, 3.8) is 0 Å². The Labute approximate surface area is 245 Å². The van der Waals surface area contributed by atoms with Gasteiger partial charge in [-0.2, -0.15) is 0 Å². The standard InChI is InChI=1S/C33H36N8O/c1-2-39-15-17-41(18-16-39)33(42)32-37-28-10-7-24(19-31(28)38-32)29-20-30(26-21-34-12-11-27(26)36-29)35-25-8-5-23(6-9-25)22-40-13-3-4-14-40/h5-12,19-21H,2-4,13-18,22H2,1H3,(H,35,36)(H,37,38). The Morgan fingerprint density at radius 3 is 2.48 bits per heavy atom. The second-order valence-electron chi connectivity index (χ2n) is 11.3. The van der Waals surface area contributed by atoms with Gasteiger partial charge in [0.1, 0.15) is 0 Å². The molecule has 2 aromatic carbocycles. The largest absolute Gasteiger partial charge is 0.355 e. The summed E-state index contributed by atoms with van der Waals surface area (Å²) in [6.07, 6.45) is 6.22. The van der Waals surface area contributed by atoms with Gasteiger partial charge in [-0.3, -0.25) is 14.7 Å². The molecule has 42 heavy (non-hydrogen) atoms. The summed E-state index contributed by atoms with van der Waals surface area (Å²) in [6.45, 7) is 9.80. The summed E-state index contributed by atoms with van der Waals surface area (Å²) in [6, 6.07) is 18.7. The van der Waals surface area contributed by atoms with Crippen LogP contribution in [0.2, 0.25) is 0 Å². The first-order valence-corrected chi connectivity index (χ1v) is 15.0. The molecular weight excluding hydrogens is 524 g/mol. The number of nitrogens with one attached hydrogen (secondary N) is 2. The van der Waals surface area contributed by atoms with Gasteiger partial charge in [0.05, 0.1) is 27.9 Å². The normalized spacial score (nSPS) is 16.5. The van der Waals surface area contributed by atoms with E-state index < -0.39 is 0 Å². The lowest BCUT2D eigenvalue weighted by Crippen LogP contribution is -2.48. The number of fused-ring (bicyclic) bond motifs is 2. The number of likely N-dealkylation sites (N-methyl/N-ethyl adjacent to an activating group) is 1. The maximum Gasteiger partial charge on any atom is 0.289 e. The van der Waals surface area contributed by atoms with Crippen molar-refractivity contribution in [3.8, 4) is 11.3 Å². The first-order chi connectivity index (χ1) is 20.6. The van der Waals surface area contributed by atoms with Gasteiger partial charge in [-0.05, 0) is 74.4 Å². The number of anilines is 2. The summed E-state index contributed by atoms with van der Waals surface area (Å²) in [7, 11) is 0. The molecule has 2 N–H and O–H groups in total. The molecule has 2 saturated heterocycles. The fourth-order valence-corrected chi connectivity index (χ4v) is 6.05. The third-order valence-electron chi connectivity index (χ3n) is 8.54. The van der Waals surface area contributed by atoms with Crippen molar-refractivity contribution in [3.05, 3.63) is 78.4 Å². The monoisotopic (exact) mass is 560 g/mol. The van der Waals surface area contributed by atoms with Crippen LogP contribution < -0.4 is 5.32 Å². The highest BCUT2D eigenvalue weighted by Crippen LogP contribution is 2.31. The third-order valence-corrected chi connectivity index (χ3v) is 8.54. The summed E-state index contributed by atoms with van der Waals surface area (Å²) in [4.78, 5) is 37.2. The van der Waals surface area contributed by atoms with Gasteiger partial charge in [0, 0.05) is 61.8 Å². The van der Waals surface area contributed by atoms with Crippen LogP contribution in [-0.4, -0.2) is 86.4 Å². The maximum atomic E-state index is 13.2. The lowest BCUT2D eigenvalue weighted by molar-refractivity contribution is 0.0633. The molecule has 9 heteroatoms. The molecule has 3 aromatic heterocycles. The molecule has 2 aliphatic rings. The number of pyridine rings is 2. The third kappa shape index (κ3) is 5.45. The van der Waals surface area contributed by atoms with E-state index in [1.807, 2.05) is 35.4 Å². The number of carbonyl (C=O) groups is 1. The summed E-state index contributed by atoms with van der Waals surface area (Å²) in [5, 5.41) is 4.57. The predicted octanol–water partition coefficient (Wildman–Crippen LogP) is 5.29. The Morgan fingerprint density at radius 1 is 0.881 bits per heavy atom. The van der Waals surface area contributed by atoms with Crippen molar-refractivity contribution in [2.24, 2.45) is 0 Å². The molecule has 0 unspecified atom stereocenters. The van der Waals surface area contributed by atoms with Gasteiger partial charge in [0.15, 0.2) is 5.82 Å². The lowest BCUT2D eigenvalue weighted by Gasteiger charge is -2.33. The van der Waals surface area contributed by atoms with E-state index in [1.54, 1.807) is 6.20 Å². The predicted molar refractivity (Wildman–Crippen MR) is 167 cm³/mol. The van der Waals surface area contributed by atoms with Crippen molar-refractivity contribution in [1.82, 2.24) is 34.6 Å². The number of hydrogen-bond donors (Lipinski definition) is 2. The van der Waals surface area contributed by atoms with Crippen molar-refractivity contribution in [2.45, 2.75) is 26.3 Å². The summed E-state index contributed by atoms with van der Waals surface area (Å²) >= 11 is 0. The molecule has 0 radical (unpaired) electrons. The highest BCUT2D eigenvalue weighted by atomic mass is 16.2. The van der Waals surface area contributed by atoms with Crippen LogP contribution >= 0.6 is 0 Å². The number of piperazine rings is 1. The zero-order valence-corrected chi connectivity index (χ0v) is 24.0. The Morgan fingerprint density at radius 2 is 1.69 bits per heavy atom. The fraction of sp³-hybridized carbons (Fsp3) is 0.333. The smallest absolute Gasteiger partial charge is 0.289 e. The number of hydrogen-bond acceptors (Lipinski definition) is 7. The molecule has 9 nitrogen and oxygen atoms in total. The van der Waals surface area contributed by atoms with E-state index in [0.29, 0.717) is 5.82 Å². The number of H-pyrrole nitrogens is 1. The summed E-state index contributed by atoms with van der Waals surface area (Å²) < 4.78 is 0. The second-order valence-corrected chi connectivity index (χ2v) is 11.3. The van der Waals surface area contributed by atoms with E-state index in [1.165, 1.54) is 31.5 Å². The minimum absolute atomic E-state index is 0.0437. The van der Waals surface area contributed by atoms with Gasteiger partial charge >= 0.3 is 0 Å². The number of carbonyl (C=O) groups excluding carboxylic acids is 1. The van der Waals surface area contributed by atoms with Crippen LogP contribution in [0.3, 0.4) is 0 Å². The number of amides is 1. The van der Waals surface area contributed by atoms with Gasteiger partial charge < -0.3 is 20.1 Å². The number of rotatable bonds is 7. The van der Waals surface area contributed by atoms with Gasteiger partial charge in [-0.1, -0.05) is 25.1 Å². The number of likely N-dealkylation sites (tertiary alicyclic amines) is 1.